The molecule has 0 radical (unpaired) electrons. The molecule has 2 heterocycles. The van der Waals surface area contributed by atoms with Crippen molar-refractivity contribution in [2.24, 2.45) is 5.92 Å². The van der Waals surface area contributed by atoms with Gasteiger partial charge in [0.15, 0.2) is 11.6 Å². The van der Waals surface area contributed by atoms with Gasteiger partial charge in [0, 0.05) is 26.7 Å². The second kappa shape index (κ2) is 7.38. The SMILES string of the molecule is CN(Cc1ccccc1)c1ncnc(N2CCC(C(=O)O)CC2)c1N. The van der Waals surface area contributed by atoms with Gasteiger partial charge in [0.05, 0.1) is 5.92 Å². The topological polar surface area (TPSA) is 95.6 Å². The van der Waals surface area contributed by atoms with Crippen LogP contribution < -0.4 is 15.5 Å². The summed E-state index contributed by atoms with van der Waals surface area (Å²) in [6.07, 6.45) is 2.73. The second-order valence-corrected chi connectivity index (χ2v) is 6.38. The third-order valence-electron chi connectivity index (χ3n) is 4.61. The third-order valence-corrected chi connectivity index (χ3v) is 4.61. The smallest absolute Gasteiger partial charge is 0.306 e. The van der Waals surface area contributed by atoms with Crippen LogP contribution in [0.2, 0.25) is 0 Å². The van der Waals surface area contributed by atoms with E-state index in [-0.39, 0.29) is 5.92 Å². The Morgan fingerprint density at radius 2 is 1.96 bits per heavy atom. The lowest BCUT2D eigenvalue weighted by atomic mass is 9.97. The monoisotopic (exact) mass is 341 g/mol. The van der Waals surface area contributed by atoms with E-state index in [0.717, 1.165) is 0 Å². The zero-order chi connectivity index (χ0) is 17.8. The van der Waals surface area contributed by atoms with E-state index >= 15 is 0 Å². The van der Waals surface area contributed by atoms with E-state index in [2.05, 4.69) is 27.0 Å². The number of rotatable bonds is 5. The van der Waals surface area contributed by atoms with Crippen molar-refractivity contribution < 1.29 is 9.90 Å². The zero-order valence-electron chi connectivity index (χ0n) is 14.3. The summed E-state index contributed by atoms with van der Waals surface area (Å²) in [5, 5.41) is 9.13. The van der Waals surface area contributed by atoms with Crippen LogP contribution in [0.4, 0.5) is 17.3 Å². The van der Waals surface area contributed by atoms with E-state index in [9.17, 15) is 4.79 Å². The Kier molecular flexibility index (Phi) is 5.02. The van der Waals surface area contributed by atoms with Gasteiger partial charge in [-0.25, -0.2) is 9.97 Å². The molecule has 0 aliphatic carbocycles. The average molecular weight is 341 g/mol. The predicted molar refractivity (Wildman–Crippen MR) is 97.6 cm³/mol. The molecule has 2 aromatic rings. The maximum absolute atomic E-state index is 11.1. The molecule has 3 rings (SSSR count). The number of carboxylic acids is 1. The molecule has 0 bridgehead atoms. The Morgan fingerprint density at radius 3 is 2.60 bits per heavy atom. The number of nitrogens with two attached hydrogens (primary N) is 1. The number of nitrogens with zero attached hydrogens (tertiary/aromatic N) is 4. The molecule has 0 unspecified atom stereocenters. The van der Waals surface area contributed by atoms with Crippen LogP contribution in [0.1, 0.15) is 18.4 Å². The molecule has 0 amide bonds. The quantitative estimate of drug-likeness (QED) is 0.858. The highest BCUT2D eigenvalue weighted by atomic mass is 16.4. The average Bonchev–Trinajstić information content (AvgIpc) is 2.63. The molecule has 1 aromatic carbocycles. The highest BCUT2D eigenvalue weighted by molar-refractivity contribution is 5.76. The highest BCUT2D eigenvalue weighted by Gasteiger charge is 2.27. The summed E-state index contributed by atoms with van der Waals surface area (Å²) in [6, 6.07) is 10.1. The number of nitrogen functional groups attached to an aromatic ring is 1. The molecule has 0 spiro atoms. The summed E-state index contributed by atoms with van der Waals surface area (Å²) in [4.78, 5) is 23.8. The third kappa shape index (κ3) is 3.81. The van der Waals surface area contributed by atoms with Crippen LogP contribution in [-0.4, -0.2) is 41.2 Å². The number of piperidine rings is 1. The van der Waals surface area contributed by atoms with E-state index in [1.165, 1.54) is 11.9 Å². The Labute approximate surface area is 147 Å². The first-order valence-electron chi connectivity index (χ1n) is 8.39. The summed E-state index contributed by atoms with van der Waals surface area (Å²) < 4.78 is 0. The normalized spacial score (nSPS) is 15.2. The minimum atomic E-state index is -0.724. The summed E-state index contributed by atoms with van der Waals surface area (Å²) in [6.45, 7) is 1.97. The van der Waals surface area contributed by atoms with E-state index in [0.29, 0.717) is 49.8 Å². The number of anilines is 3. The van der Waals surface area contributed by atoms with Crippen LogP contribution in [0.5, 0.6) is 0 Å². The van der Waals surface area contributed by atoms with Gasteiger partial charge in [0.25, 0.3) is 0 Å². The Hall–Kier alpha value is -2.83. The van der Waals surface area contributed by atoms with Gasteiger partial charge in [-0.3, -0.25) is 4.79 Å². The summed E-state index contributed by atoms with van der Waals surface area (Å²) >= 11 is 0. The highest BCUT2D eigenvalue weighted by Crippen LogP contribution is 2.31. The molecule has 1 aliphatic rings. The van der Waals surface area contributed by atoms with Gasteiger partial charge < -0.3 is 20.6 Å². The number of carboxylic acid groups (broad SMARTS) is 1. The molecule has 132 valence electrons. The molecule has 0 atom stereocenters. The molecule has 7 nitrogen and oxygen atoms in total. The lowest BCUT2D eigenvalue weighted by Crippen LogP contribution is -2.37. The Bertz CT molecular complexity index is 730. The molecular formula is C18H23N5O2. The van der Waals surface area contributed by atoms with Crippen LogP contribution in [0.3, 0.4) is 0 Å². The van der Waals surface area contributed by atoms with E-state index < -0.39 is 5.97 Å². The molecule has 1 fully saturated rings. The number of carbonyl (C=O) groups is 1. The van der Waals surface area contributed by atoms with Gasteiger partial charge in [-0.05, 0) is 18.4 Å². The van der Waals surface area contributed by atoms with Gasteiger partial charge >= 0.3 is 5.97 Å². The fraction of sp³-hybridized carbons (Fsp3) is 0.389. The number of aromatic nitrogens is 2. The maximum Gasteiger partial charge on any atom is 0.306 e. The van der Waals surface area contributed by atoms with Crippen molar-refractivity contribution >= 4 is 23.3 Å². The number of benzene rings is 1. The number of aliphatic carboxylic acids is 1. The van der Waals surface area contributed by atoms with Crippen molar-refractivity contribution in [3.8, 4) is 0 Å². The molecular weight excluding hydrogens is 318 g/mol. The van der Waals surface area contributed by atoms with Crippen molar-refractivity contribution in [2.75, 3.05) is 35.7 Å². The summed E-state index contributed by atoms with van der Waals surface area (Å²) in [5.74, 6) is 0.376. The van der Waals surface area contributed by atoms with Crippen molar-refractivity contribution in [1.82, 2.24) is 9.97 Å². The standard InChI is InChI=1S/C18H23N5O2/c1-22(11-13-5-3-2-4-6-13)16-15(19)17(21-12-20-16)23-9-7-14(8-10-23)18(24)25/h2-6,12,14H,7-11,19H2,1H3,(H,24,25). The van der Waals surface area contributed by atoms with Crippen molar-refractivity contribution in [3.63, 3.8) is 0 Å². The van der Waals surface area contributed by atoms with Crippen LogP contribution in [-0.2, 0) is 11.3 Å². The summed E-state index contributed by atoms with van der Waals surface area (Å²) in [5.41, 5.74) is 8.05. The van der Waals surface area contributed by atoms with Gasteiger partial charge in [-0.2, -0.15) is 0 Å². The minimum Gasteiger partial charge on any atom is -0.481 e. The van der Waals surface area contributed by atoms with Gasteiger partial charge in [-0.15, -0.1) is 0 Å². The minimum absolute atomic E-state index is 0.278. The lowest BCUT2D eigenvalue weighted by molar-refractivity contribution is -0.142. The van der Waals surface area contributed by atoms with Crippen LogP contribution >= 0.6 is 0 Å². The molecule has 25 heavy (non-hydrogen) atoms. The van der Waals surface area contributed by atoms with Gasteiger partial charge in [0.2, 0.25) is 0 Å². The van der Waals surface area contributed by atoms with E-state index in [1.54, 1.807) is 0 Å². The fourth-order valence-electron chi connectivity index (χ4n) is 3.20. The van der Waals surface area contributed by atoms with Crippen LogP contribution in [0.25, 0.3) is 0 Å². The fourth-order valence-corrected chi connectivity index (χ4v) is 3.20. The maximum atomic E-state index is 11.1. The molecule has 1 aromatic heterocycles. The van der Waals surface area contributed by atoms with Crippen LogP contribution in [0.15, 0.2) is 36.7 Å². The number of hydrogen-bond acceptors (Lipinski definition) is 6. The van der Waals surface area contributed by atoms with Crippen molar-refractivity contribution in [1.29, 1.82) is 0 Å². The first kappa shape index (κ1) is 17.0. The molecule has 1 aliphatic heterocycles. The van der Waals surface area contributed by atoms with Crippen molar-refractivity contribution in [2.45, 2.75) is 19.4 Å². The summed E-state index contributed by atoms with van der Waals surface area (Å²) in [7, 11) is 1.95. The number of hydrogen-bond donors (Lipinski definition) is 2. The molecule has 3 N–H and O–H groups in total. The van der Waals surface area contributed by atoms with Crippen LogP contribution in [0, 0.1) is 5.92 Å². The zero-order valence-corrected chi connectivity index (χ0v) is 14.3. The Morgan fingerprint density at radius 1 is 1.28 bits per heavy atom. The molecule has 7 heteroatoms. The molecule has 0 saturated carbocycles. The first-order chi connectivity index (χ1) is 12.1. The molecule has 1 saturated heterocycles. The van der Waals surface area contributed by atoms with E-state index in [4.69, 9.17) is 10.8 Å². The Balaban J connectivity index is 1.75. The van der Waals surface area contributed by atoms with E-state index in [1.807, 2.05) is 30.1 Å². The second-order valence-electron chi connectivity index (χ2n) is 6.38. The lowest BCUT2D eigenvalue weighted by Gasteiger charge is -2.32. The van der Waals surface area contributed by atoms with Crippen molar-refractivity contribution in [3.05, 3.63) is 42.2 Å². The van der Waals surface area contributed by atoms with Gasteiger partial charge in [-0.1, -0.05) is 30.3 Å². The largest absolute Gasteiger partial charge is 0.481 e. The first-order valence-corrected chi connectivity index (χ1v) is 8.39. The van der Waals surface area contributed by atoms with Gasteiger partial charge in [0.1, 0.15) is 12.0 Å². The predicted octanol–water partition coefficient (Wildman–Crippen LogP) is 2.00.